The number of H-pyrrole nitrogens is 1. The lowest BCUT2D eigenvalue weighted by atomic mass is 9.94. The van der Waals surface area contributed by atoms with Crippen molar-refractivity contribution in [2.24, 2.45) is 0 Å². The SMILES string of the molecule is COc1ccc(C(O)=C2C(=O)C(=O)N(CCc3c[nH]c4ccccc34)C2c2ccccc2OC)cc1. The van der Waals surface area contributed by atoms with Crippen molar-refractivity contribution in [2.45, 2.75) is 12.5 Å². The van der Waals surface area contributed by atoms with Gasteiger partial charge in [-0.25, -0.2) is 0 Å². The third kappa shape index (κ3) is 3.98. The molecule has 0 spiro atoms. The third-order valence-electron chi connectivity index (χ3n) is 6.63. The van der Waals surface area contributed by atoms with Crippen molar-refractivity contribution in [3.05, 3.63) is 101 Å². The molecule has 7 heteroatoms. The Labute approximate surface area is 208 Å². The maximum Gasteiger partial charge on any atom is 0.295 e. The molecule has 1 fully saturated rings. The van der Waals surface area contributed by atoms with Crippen molar-refractivity contribution in [1.29, 1.82) is 0 Å². The molecule has 0 saturated carbocycles. The summed E-state index contributed by atoms with van der Waals surface area (Å²) >= 11 is 0. The first-order valence-electron chi connectivity index (χ1n) is 11.6. The number of aliphatic hydroxyl groups is 1. The van der Waals surface area contributed by atoms with Crippen LogP contribution in [-0.2, 0) is 16.0 Å². The van der Waals surface area contributed by atoms with E-state index in [0.717, 1.165) is 16.5 Å². The molecule has 1 aliphatic heterocycles. The molecule has 1 saturated heterocycles. The Kier molecular flexibility index (Phi) is 6.21. The number of carbonyl (C=O) groups excluding carboxylic acids is 2. The number of aliphatic hydroxyl groups excluding tert-OH is 1. The molecule has 0 aliphatic carbocycles. The molecule has 1 atom stereocenters. The van der Waals surface area contributed by atoms with Gasteiger partial charge in [0.2, 0.25) is 0 Å². The molecule has 5 rings (SSSR count). The molecule has 3 aromatic carbocycles. The van der Waals surface area contributed by atoms with Crippen molar-refractivity contribution >= 4 is 28.4 Å². The van der Waals surface area contributed by atoms with Gasteiger partial charge < -0.3 is 24.5 Å². The van der Waals surface area contributed by atoms with Crippen molar-refractivity contribution in [3.63, 3.8) is 0 Å². The molecular weight excluding hydrogens is 456 g/mol. The van der Waals surface area contributed by atoms with E-state index < -0.39 is 17.7 Å². The fourth-order valence-electron chi connectivity index (χ4n) is 4.81. The van der Waals surface area contributed by atoms with Crippen molar-refractivity contribution in [3.8, 4) is 11.5 Å². The number of hydrogen-bond donors (Lipinski definition) is 2. The standard InChI is InChI=1S/C29H26N2O5/c1-35-20-13-11-18(12-14-20)27(32)25-26(22-8-4-6-10-24(22)36-2)31(29(34)28(25)33)16-15-19-17-30-23-9-5-3-7-21(19)23/h3-14,17,26,30,32H,15-16H2,1-2H3. The first-order valence-corrected chi connectivity index (χ1v) is 11.6. The molecule has 1 aromatic heterocycles. The van der Waals surface area contributed by atoms with E-state index in [1.54, 1.807) is 44.6 Å². The van der Waals surface area contributed by atoms with Crippen LogP contribution in [0, 0.1) is 0 Å². The summed E-state index contributed by atoms with van der Waals surface area (Å²) < 4.78 is 10.8. The first-order chi connectivity index (χ1) is 17.5. The zero-order valence-corrected chi connectivity index (χ0v) is 20.0. The monoisotopic (exact) mass is 482 g/mol. The molecule has 182 valence electrons. The molecule has 7 nitrogen and oxygen atoms in total. The van der Waals surface area contributed by atoms with Gasteiger partial charge in [0.15, 0.2) is 0 Å². The lowest BCUT2D eigenvalue weighted by molar-refractivity contribution is -0.139. The predicted molar refractivity (Wildman–Crippen MR) is 137 cm³/mol. The highest BCUT2D eigenvalue weighted by molar-refractivity contribution is 6.46. The Bertz CT molecular complexity index is 1470. The number of rotatable bonds is 7. The average molecular weight is 483 g/mol. The van der Waals surface area contributed by atoms with Crippen LogP contribution in [0.4, 0.5) is 0 Å². The Balaban J connectivity index is 1.59. The number of fused-ring (bicyclic) bond motifs is 1. The van der Waals surface area contributed by atoms with E-state index in [2.05, 4.69) is 4.98 Å². The van der Waals surface area contributed by atoms with Crippen molar-refractivity contribution in [2.75, 3.05) is 20.8 Å². The lowest BCUT2D eigenvalue weighted by Crippen LogP contribution is -2.31. The molecule has 0 bridgehead atoms. The molecule has 2 N–H and O–H groups in total. The van der Waals surface area contributed by atoms with Crippen LogP contribution < -0.4 is 9.47 Å². The summed E-state index contributed by atoms with van der Waals surface area (Å²) in [7, 11) is 3.09. The summed E-state index contributed by atoms with van der Waals surface area (Å²) in [5.74, 6) is -0.463. The summed E-state index contributed by atoms with van der Waals surface area (Å²) in [6.45, 7) is 0.286. The number of ether oxygens (including phenoxy) is 2. The van der Waals surface area contributed by atoms with E-state index in [0.29, 0.717) is 29.0 Å². The second-order valence-electron chi connectivity index (χ2n) is 8.57. The Morgan fingerprint density at radius 3 is 2.42 bits per heavy atom. The van der Waals surface area contributed by atoms with Crippen molar-refractivity contribution < 1.29 is 24.2 Å². The van der Waals surface area contributed by atoms with Crippen LogP contribution >= 0.6 is 0 Å². The van der Waals surface area contributed by atoms with E-state index in [-0.39, 0.29) is 17.9 Å². The number of nitrogens with one attached hydrogen (secondary N) is 1. The smallest absolute Gasteiger partial charge is 0.295 e. The third-order valence-corrected chi connectivity index (χ3v) is 6.63. The number of aromatic nitrogens is 1. The van der Waals surface area contributed by atoms with Crippen LogP contribution in [0.15, 0.2) is 84.6 Å². The van der Waals surface area contributed by atoms with Gasteiger partial charge in [-0.3, -0.25) is 9.59 Å². The van der Waals surface area contributed by atoms with Gasteiger partial charge in [0.1, 0.15) is 17.3 Å². The van der Waals surface area contributed by atoms with Crippen LogP contribution in [0.3, 0.4) is 0 Å². The Hall–Kier alpha value is -4.52. The van der Waals surface area contributed by atoms with Crippen LogP contribution in [0.25, 0.3) is 16.7 Å². The fraction of sp³-hybridized carbons (Fsp3) is 0.172. The van der Waals surface area contributed by atoms with Gasteiger partial charge in [0.25, 0.3) is 11.7 Å². The van der Waals surface area contributed by atoms with E-state index >= 15 is 0 Å². The second-order valence-corrected chi connectivity index (χ2v) is 8.57. The molecule has 36 heavy (non-hydrogen) atoms. The quantitative estimate of drug-likeness (QED) is 0.223. The fourth-order valence-corrected chi connectivity index (χ4v) is 4.81. The summed E-state index contributed by atoms with van der Waals surface area (Å²) in [5.41, 5.74) is 3.14. The van der Waals surface area contributed by atoms with Crippen LogP contribution in [0.1, 0.15) is 22.7 Å². The topological polar surface area (TPSA) is 91.9 Å². The molecule has 1 unspecified atom stereocenters. The van der Waals surface area contributed by atoms with E-state index in [1.165, 1.54) is 4.90 Å². The number of methoxy groups -OCH3 is 2. The van der Waals surface area contributed by atoms with Gasteiger partial charge in [-0.2, -0.15) is 0 Å². The molecule has 1 aliphatic rings. The van der Waals surface area contributed by atoms with E-state index in [1.807, 2.05) is 48.7 Å². The number of aromatic amines is 1. The molecule has 0 radical (unpaired) electrons. The average Bonchev–Trinajstić information content (AvgIpc) is 3.45. The highest BCUT2D eigenvalue weighted by Crippen LogP contribution is 2.42. The van der Waals surface area contributed by atoms with Crippen LogP contribution in [0.2, 0.25) is 0 Å². The molecule has 1 amide bonds. The number of hydrogen-bond acceptors (Lipinski definition) is 5. The second kappa shape index (κ2) is 9.62. The van der Waals surface area contributed by atoms with Gasteiger partial charge in [0.05, 0.1) is 25.8 Å². The summed E-state index contributed by atoms with van der Waals surface area (Å²) in [4.78, 5) is 31.4. The van der Waals surface area contributed by atoms with Gasteiger partial charge >= 0.3 is 0 Å². The maximum atomic E-state index is 13.3. The molecule has 4 aromatic rings. The first kappa shape index (κ1) is 23.2. The minimum atomic E-state index is -0.798. The number of carbonyl (C=O) groups is 2. The largest absolute Gasteiger partial charge is 0.507 e. The minimum absolute atomic E-state index is 0.0357. The zero-order valence-electron chi connectivity index (χ0n) is 20.0. The number of ketones is 1. The number of amides is 1. The van der Waals surface area contributed by atoms with Crippen LogP contribution in [0.5, 0.6) is 11.5 Å². The Morgan fingerprint density at radius 1 is 0.944 bits per heavy atom. The highest BCUT2D eigenvalue weighted by atomic mass is 16.5. The lowest BCUT2D eigenvalue weighted by Gasteiger charge is -2.26. The summed E-state index contributed by atoms with van der Waals surface area (Å²) in [5, 5.41) is 12.3. The van der Waals surface area contributed by atoms with Gasteiger partial charge in [0, 0.05) is 34.8 Å². The van der Waals surface area contributed by atoms with Gasteiger partial charge in [-0.15, -0.1) is 0 Å². The predicted octanol–water partition coefficient (Wildman–Crippen LogP) is 4.85. The number of Topliss-reactive ketones (excluding diaryl/α,β-unsaturated/α-hetero) is 1. The zero-order chi connectivity index (χ0) is 25.2. The van der Waals surface area contributed by atoms with Crippen LogP contribution in [-0.4, -0.2) is 47.4 Å². The molecule has 2 heterocycles. The van der Waals surface area contributed by atoms with Gasteiger partial charge in [-0.05, 0) is 48.4 Å². The van der Waals surface area contributed by atoms with Crippen molar-refractivity contribution in [1.82, 2.24) is 9.88 Å². The van der Waals surface area contributed by atoms with E-state index in [4.69, 9.17) is 9.47 Å². The van der Waals surface area contributed by atoms with Gasteiger partial charge in [-0.1, -0.05) is 36.4 Å². The maximum absolute atomic E-state index is 13.3. The Morgan fingerprint density at radius 2 is 1.67 bits per heavy atom. The minimum Gasteiger partial charge on any atom is -0.507 e. The summed E-state index contributed by atoms with van der Waals surface area (Å²) in [6.07, 6.45) is 2.46. The number of benzene rings is 3. The normalized spacial score (nSPS) is 17.1. The van der Waals surface area contributed by atoms with E-state index in [9.17, 15) is 14.7 Å². The molecular formula is C29H26N2O5. The number of para-hydroxylation sites is 2. The highest BCUT2D eigenvalue weighted by Gasteiger charge is 2.46. The number of likely N-dealkylation sites (tertiary alicyclic amines) is 1. The number of nitrogens with zero attached hydrogens (tertiary/aromatic N) is 1. The summed E-state index contributed by atoms with van der Waals surface area (Å²) in [6, 6.07) is 21.1.